The van der Waals surface area contributed by atoms with Crippen LogP contribution in [0.3, 0.4) is 0 Å². The highest BCUT2D eigenvalue weighted by Gasteiger charge is 2.33. The molecule has 4 nitrogen and oxygen atoms in total. The van der Waals surface area contributed by atoms with Crippen LogP contribution in [0.15, 0.2) is 18.2 Å². The number of nitrogens with zero attached hydrogens (tertiary/aromatic N) is 1. The summed E-state index contributed by atoms with van der Waals surface area (Å²) in [5.41, 5.74) is 4.47. The molecule has 1 amide bonds. The van der Waals surface area contributed by atoms with E-state index in [-0.39, 0.29) is 17.8 Å². The standard InChI is InChI=1S/C12H13F3N2O2/c13-12(14,15)7-1-2-10(16)9(5-7)11(19)17-4-3-8(18)6-17/h1-2,5,8,18H,3-4,6,16H2. The van der Waals surface area contributed by atoms with E-state index in [0.29, 0.717) is 13.0 Å². The van der Waals surface area contributed by atoms with E-state index in [1.165, 1.54) is 4.90 Å². The Morgan fingerprint density at radius 1 is 1.42 bits per heavy atom. The van der Waals surface area contributed by atoms with E-state index in [9.17, 15) is 23.1 Å². The zero-order chi connectivity index (χ0) is 14.2. The molecule has 0 bridgehead atoms. The summed E-state index contributed by atoms with van der Waals surface area (Å²) in [6, 6.07) is 2.66. The van der Waals surface area contributed by atoms with Crippen LogP contribution in [0.1, 0.15) is 22.3 Å². The lowest BCUT2D eigenvalue weighted by Gasteiger charge is -2.18. The first-order valence-corrected chi connectivity index (χ1v) is 5.73. The number of halogens is 3. The maximum absolute atomic E-state index is 12.6. The quantitative estimate of drug-likeness (QED) is 0.763. The van der Waals surface area contributed by atoms with Gasteiger partial charge >= 0.3 is 6.18 Å². The molecule has 1 unspecified atom stereocenters. The summed E-state index contributed by atoms with van der Waals surface area (Å²) in [6.07, 6.45) is -4.73. The number of β-amino-alcohol motifs (C(OH)–C–C–N with tert-alkyl or cyclic N) is 1. The summed E-state index contributed by atoms with van der Waals surface area (Å²) >= 11 is 0. The summed E-state index contributed by atoms with van der Waals surface area (Å²) < 4.78 is 37.8. The summed E-state index contributed by atoms with van der Waals surface area (Å²) in [6.45, 7) is 0.435. The molecule has 0 saturated carbocycles. The molecular formula is C12H13F3N2O2. The molecular weight excluding hydrogens is 261 g/mol. The van der Waals surface area contributed by atoms with Crippen LogP contribution in [0, 0.1) is 0 Å². The number of hydrogen-bond donors (Lipinski definition) is 2. The molecule has 104 valence electrons. The van der Waals surface area contributed by atoms with Gasteiger partial charge in [-0.15, -0.1) is 0 Å². The van der Waals surface area contributed by atoms with Crippen molar-refractivity contribution in [3.05, 3.63) is 29.3 Å². The van der Waals surface area contributed by atoms with Crippen LogP contribution in [0.4, 0.5) is 18.9 Å². The van der Waals surface area contributed by atoms with Crippen LogP contribution in [0.25, 0.3) is 0 Å². The van der Waals surface area contributed by atoms with Gasteiger partial charge in [0.25, 0.3) is 5.91 Å². The largest absolute Gasteiger partial charge is 0.416 e. The van der Waals surface area contributed by atoms with Gasteiger partial charge in [-0.05, 0) is 24.6 Å². The fourth-order valence-corrected chi connectivity index (χ4v) is 2.01. The number of nitrogens with two attached hydrogens (primary N) is 1. The topological polar surface area (TPSA) is 66.6 Å². The van der Waals surface area contributed by atoms with Gasteiger partial charge in [0.1, 0.15) is 0 Å². The van der Waals surface area contributed by atoms with Gasteiger partial charge in [0.2, 0.25) is 0 Å². The van der Waals surface area contributed by atoms with Crippen molar-refractivity contribution >= 4 is 11.6 Å². The molecule has 7 heteroatoms. The number of nitrogen functional groups attached to an aromatic ring is 1. The van der Waals surface area contributed by atoms with Gasteiger partial charge in [-0.3, -0.25) is 4.79 Å². The van der Waals surface area contributed by atoms with Crippen molar-refractivity contribution in [1.29, 1.82) is 0 Å². The van der Waals surface area contributed by atoms with Gasteiger partial charge in [-0.2, -0.15) is 13.2 Å². The fourth-order valence-electron chi connectivity index (χ4n) is 2.01. The normalized spacial score (nSPS) is 19.8. The predicted octanol–water partition coefficient (Wildman–Crippen LogP) is 1.49. The molecule has 0 aliphatic carbocycles. The van der Waals surface area contributed by atoms with Crippen LogP contribution >= 0.6 is 0 Å². The molecule has 1 fully saturated rings. The fraction of sp³-hybridized carbons (Fsp3) is 0.417. The van der Waals surface area contributed by atoms with Crippen molar-refractivity contribution in [1.82, 2.24) is 4.90 Å². The van der Waals surface area contributed by atoms with Gasteiger partial charge in [-0.25, -0.2) is 0 Å². The molecule has 2 rings (SSSR count). The number of likely N-dealkylation sites (tertiary alicyclic amines) is 1. The molecule has 1 heterocycles. The SMILES string of the molecule is Nc1ccc(C(F)(F)F)cc1C(=O)N1CCC(O)C1. The summed E-state index contributed by atoms with van der Waals surface area (Å²) in [7, 11) is 0. The number of anilines is 1. The van der Waals surface area contributed by atoms with E-state index >= 15 is 0 Å². The van der Waals surface area contributed by atoms with E-state index < -0.39 is 23.8 Å². The molecule has 1 atom stereocenters. The Labute approximate surface area is 107 Å². The van der Waals surface area contributed by atoms with Gasteiger partial charge < -0.3 is 15.7 Å². The zero-order valence-corrected chi connectivity index (χ0v) is 9.94. The molecule has 0 aromatic heterocycles. The highest BCUT2D eigenvalue weighted by atomic mass is 19.4. The van der Waals surface area contributed by atoms with Gasteiger partial charge in [-0.1, -0.05) is 0 Å². The molecule has 3 N–H and O–H groups in total. The number of carbonyl (C=O) groups is 1. The number of alkyl halides is 3. The second kappa shape index (κ2) is 4.73. The number of benzene rings is 1. The molecule has 1 aliphatic heterocycles. The number of aliphatic hydroxyl groups excluding tert-OH is 1. The van der Waals surface area contributed by atoms with Crippen molar-refractivity contribution < 1.29 is 23.1 Å². The van der Waals surface area contributed by atoms with Crippen LogP contribution in [-0.2, 0) is 6.18 Å². The first-order chi connectivity index (χ1) is 8.79. The van der Waals surface area contributed by atoms with Gasteiger partial charge in [0.15, 0.2) is 0 Å². The van der Waals surface area contributed by atoms with E-state index in [4.69, 9.17) is 5.73 Å². The lowest BCUT2D eigenvalue weighted by Crippen LogP contribution is -2.30. The first kappa shape index (κ1) is 13.7. The molecule has 1 aromatic carbocycles. The Hall–Kier alpha value is -1.76. The summed E-state index contributed by atoms with van der Waals surface area (Å²) in [5, 5.41) is 9.34. The second-order valence-corrected chi connectivity index (χ2v) is 4.49. The second-order valence-electron chi connectivity index (χ2n) is 4.49. The van der Waals surface area contributed by atoms with Crippen molar-refractivity contribution in [3.63, 3.8) is 0 Å². The molecule has 0 spiro atoms. The van der Waals surface area contributed by atoms with Crippen molar-refractivity contribution in [3.8, 4) is 0 Å². The monoisotopic (exact) mass is 274 g/mol. The Kier molecular flexibility index (Phi) is 3.40. The lowest BCUT2D eigenvalue weighted by molar-refractivity contribution is -0.137. The number of carbonyl (C=O) groups excluding carboxylic acids is 1. The summed E-state index contributed by atoms with van der Waals surface area (Å²) in [5.74, 6) is -0.583. The summed E-state index contributed by atoms with van der Waals surface area (Å²) in [4.78, 5) is 13.4. The van der Waals surface area contributed by atoms with Crippen molar-refractivity contribution in [2.75, 3.05) is 18.8 Å². The predicted molar refractivity (Wildman–Crippen MR) is 62.4 cm³/mol. The maximum atomic E-state index is 12.6. The smallest absolute Gasteiger partial charge is 0.398 e. The van der Waals surface area contributed by atoms with Gasteiger partial charge in [0, 0.05) is 18.8 Å². The lowest BCUT2D eigenvalue weighted by atomic mass is 10.1. The molecule has 1 saturated heterocycles. The average Bonchev–Trinajstić information content (AvgIpc) is 2.74. The number of hydrogen-bond acceptors (Lipinski definition) is 3. The van der Waals surface area contributed by atoms with Crippen molar-refractivity contribution in [2.24, 2.45) is 0 Å². The molecule has 0 radical (unpaired) electrons. The number of aliphatic hydroxyl groups is 1. The number of rotatable bonds is 1. The zero-order valence-electron chi connectivity index (χ0n) is 9.94. The third-order valence-electron chi connectivity index (χ3n) is 3.06. The minimum Gasteiger partial charge on any atom is -0.398 e. The highest BCUT2D eigenvalue weighted by Crippen LogP contribution is 2.31. The van der Waals surface area contributed by atoms with E-state index in [0.717, 1.165) is 18.2 Å². The first-order valence-electron chi connectivity index (χ1n) is 5.73. The van der Waals surface area contributed by atoms with Crippen LogP contribution in [-0.4, -0.2) is 35.1 Å². The van der Waals surface area contributed by atoms with Gasteiger partial charge in [0.05, 0.1) is 17.2 Å². The maximum Gasteiger partial charge on any atom is 0.416 e. The van der Waals surface area contributed by atoms with Crippen LogP contribution in [0.2, 0.25) is 0 Å². The minimum atomic E-state index is -4.52. The third kappa shape index (κ3) is 2.81. The Morgan fingerprint density at radius 3 is 2.63 bits per heavy atom. The Morgan fingerprint density at radius 2 is 2.11 bits per heavy atom. The van der Waals surface area contributed by atoms with E-state index in [1.54, 1.807) is 0 Å². The highest BCUT2D eigenvalue weighted by molar-refractivity contribution is 5.99. The number of amides is 1. The molecule has 19 heavy (non-hydrogen) atoms. The Balaban J connectivity index is 2.31. The van der Waals surface area contributed by atoms with E-state index in [2.05, 4.69) is 0 Å². The average molecular weight is 274 g/mol. The molecule has 1 aromatic rings. The van der Waals surface area contributed by atoms with Crippen LogP contribution < -0.4 is 5.73 Å². The van der Waals surface area contributed by atoms with Crippen molar-refractivity contribution in [2.45, 2.75) is 18.7 Å². The van der Waals surface area contributed by atoms with E-state index in [1.807, 2.05) is 0 Å². The molecule has 1 aliphatic rings. The minimum absolute atomic E-state index is 0.000565. The third-order valence-corrected chi connectivity index (χ3v) is 3.06. The van der Waals surface area contributed by atoms with Crippen LogP contribution in [0.5, 0.6) is 0 Å². The Bertz CT molecular complexity index is 502.